The fourth-order valence-electron chi connectivity index (χ4n) is 4.91. The molecule has 0 atom stereocenters. The van der Waals surface area contributed by atoms with Crippen LogP contribution in [0.2, 0.25) is 10.0 Å². The van der Waals surface area contributed by atoms with Crippen molar-refractivity contribution in [3.63, 3.8) is 0 Å². The lowest BCUT2D eigenvalue weighted by Gasteiger charge is -2.23. The zero-order chi connectivity index (χ0) is 28.6. The van der Waals surface area contributed by atoms with Crippen molar-refractivity contribution in [2.24, 2.45) is 0 Å². The number of amides is 1. The molecule has 8 heteroatoms. The maximum Gasteiger partial charge on any atom is 0.270 e. The van der Waals surface area contributed by atoms with Crippen LogP contribution in [-0.4, -0.2) is 55.2 Å². The monoisotopic (exact) mass is 583 g/mol. The van der Waals surface area contributed by atoms with Crippen LogP contribution >= 0.6 is 23.2 Å². The molecule has 3 aromatic rings. The number of rotatable bonds is 11. The molecule has 0 radical (unpaired) electrons. The molecule has 1 fully saturated rings. The summed E-state index contributed by atoms with van der Waals surface area (Å²) in [4.78, 5) is 20.3. The molecule has 0 aliphatic heterocycles. The summed E-state index contributed by atoms with van der Waals surface area (Å²) < 4.78 is 12.0. The van der Waals surface area contributed by atoms with Crippen molar-refractivity contribution in [3.8, 4) is 33.9 Å². The normalized spacial score (nSPS) is 14.0. The van der Waals surface area contributed by atoms with E-state index < -0.39 is 0 Å². The van der Waals surface area contributed by atoms with E-state index in [1.807, 2.05) is 64.3 Å². The van der Waals surface area contributed by atoms with Crippen LogP contribution in [-0.2, 0) is 0 Å². The Morgan fingerprint density at radius 2 is 1.75 bits per heavy atom. The number of aromatic nitrogens is 1. The lowest BCUT2D eigenvalue weighted by atomic mass is 9.95. The molecule has 1 saturated carbocycles. The van der Waals surface area contributed by atoms with Crippen molar-refractivity contribution in [2.45, 2.75) is 64.5 Å². The van der Waals surface area contributed by atoms with Gasteiger partial charge in [-0.2, -0.15) is 0 Å². The minimum absolute atomic E-state index is 0.0148. The quantitative estimate of drug-likeness (QED) is 0.232. The third-order valence-electron chi connectivity index (χ3n) is 6.88. The van der Waals surface area contributed by atoms with E-state index in [1.54, 1.807) is 12.1 Å². The first-order chi connectivity index (χ1) is 19.2. The van der Waals surface area contributed by atoms with Crippen LogP contribution in [0.1, 0.15) is 62.9 Å². The zero-order valence-corrected chi connectivity index (χ0v) is 25.3. The Kier molecular flexibility index (Phi) is 10.7. The highest BCUT2D eigenvalue weighted by Gasteiger charge is 2.21. The summed E-state index contributed by atoms with van der Waals surface area (Å²) in [5, 5.41) is 4.26. The summed E-state index contributed by atoms with van der Waals surface area (Å²) in [6, 6.07) is 15.0. The Hall–Kier alpha value is -2.80. The molecular weight excluding hydrogens is 545 g/mol. The lowest BCUT2D eigenvalue weighted by molar-refractivity contribution is 0.0923. The minimum atomic E-state index is -0.170. The predicted molar refractivity (Wildman–Crippen MR) is 164 cm³/mol. The molecule has 0 unspecified atom stereocenters. The fraction of sp³-hybridized carbons (Fsp3) is 0.438. The van der Waals surface area contributed by atoms with Gasteiger partial charge in [0.25, 0.3) is 5.91 Å². The highest BCUT2D eigenvalue weighted by molar-refractivity contribution is 6.33. The van der Waals surface area contributed by atoms with E-state index in [4.69, 9.17) is 37.7 Å². The van der Waals surface area contributed by atoms with Crippen LogP contribution in [0.25, 0.3) is 22.4 Å². The Labute approximate surface area is 248 Å². The maximum absolute atomic E-state index is 13.3. The van der Waals surface area contributed by atoms with Gasteiger partial charge in [-0.05, 0) is 89.7 Å². The summed E-state index contributed by atoms with van der Waals surface area (Å²) in [6.45, 7) is 5.41. The Balaban J connectivity index is 1.74. The third-order valence-corrected chi connectivity index (χ3v) is 7.52. The maximum atomic E-state index is 13.3. The van der Waals surface area contributed by atoms with Crippen LogP contribution in [0, 0.1) is 0 Å². The number of carbonyl (C=O) groups is 1. The van der Waals surface area contributed by atoms with Gasteiger partial charge in [0, 0.05) is 34.3 Å². The van der Waals surface area contributed by atoms with E-state index in [9.17, 15) is 4.79 Å². The number of hydrogen-bond acceptors (Lipinski definition) is 5. The van der Waals surface area contributed by atoms with Gasteiger partial charge in [-0.3, -0.25) is 4.79 Å². The van der Waals surface area contributed by atoms with Crippen molar-refractivity contribution in [1.29, 1.82) is 0 Å². The van der Waals surface area contributed by atoms with Gasteiger partial charge in [0.15, 0.2) is 0 Å². The molecule has 0 bridgehead atoms. The van der Waals surface area contributed by atoms with E-state index in [1.165, 1.54) is 6.42 Å². The first-order valence-corrected chi connectivity index (χ1v) is 14.8. The summed E-state index contributed by atoms with van der Waals surface area (Å²) in [7, 11) is 4.06. The molecule has 1 aromatic heterocycles. The van der Waals surface area contributed by atoms with E-state index in [0.717, 1.165) is 55.3 Å². The standard InChI is InChI=1S/C32H39Cl2N3O3/c1-21(2)40-24-12-15-27(33)26(20-24)25-13-16-29(32(38)35-23-9-6-5-7-10-23)36-31(25)22-11-14-28(34)30(19-22)39-18-8-17-37(3)4/h11-16,19-21,23H,5-10,17-18H2,1-4H3,(H,35,38). The van der Waals surface area contributed by atoms with Gasteiger partial charge in [-0.25, -0.2) is 4.98 Å². The summed E-state index contributed by atoms with van der Waals surface area (Å²) in [5.41, 5.74) is 3.31. The van der Waals surface area contributed by atoms with E-state index in [-0.39, 0.29) is 18.1 Å². The molecule has 4 rings (SSSR count). The van der Waals surface area contributed by atoms with Crippen LogP contribution in [0.4, 0.5) is 0 Å². The van der Waals surface area contributed by atoms with Crippen molar-refractivity contribution >= 4 is 29.1 Å². The number of pyridine rings is 1. The Bertz CT molecular complexity index is 1310. The highest BCUT2D eigenvalue weighted by Crippen LogP contribution is 2.39. The van der Waals surface area contributed by atoms with Crippen molar-refractivity contribution < 1.29 is 14.3 Å². The van der Waals surface area contributed by atoms with Gasteiger partial charge in [0.05, 0.1) is 23.4 Å². The zero-order valence-electron chi connectivity index (χ0n) is 23.8. The number of halogens is 2. The van der Waals surface area contributed by atoms with E-state index >= 15 is 0 Å². The molecule has 2 aromatic carbocycles. The van der Waals surface area contributed by atoms with Gasteiger partial charge in [0.1, 0.15) is 17.2 Å². The molecule has 1 aliphatic rings. The third kappa shape index (κ3) is 8.12. The average molecular weight is 585 g/mol. The molecule has 1 amide bonds. The average Bonchev–Trinajstić information content (AvgIpc) is 2.93. The molecule has 6 nitrogen and oxygen atoms in total. The number of ether oxygens (including phenoxy) is 2. The molecule has 0 saturated heterocycles. The second kappa shape index (κ2) is 14.2. The molecule has 1 N–H and O–H groups in total. The molecule has 1 heterocycles. The number of benzene rings is 2. The summed E-state index contributed by atoms with van der Waals surface area (Å²) in [6.07, 6.45) is 6.38. The van der Waals surface area contributed by atoms with Crippen LogP contribution in [0.15, 0.2) is 48.5 Å². The number of hydrogen-bond donors (Lipinski definition) is 1. The molecule has 0 spiro atoms. The topological polar surface area (TPSA) is 63.7 Å². The van der Waals surface area contributed by atoms with Gasteiger partial charge in [-0.15, -0.1) is 0 Å². The number of nitrogens with one attached hydrogen (secondary N) is 1. The van der Waals surface area contributed by atoms with Gasteiger partial charge in [0.2, 0.25) is 0 Å². The predicted octanol–water partition coefficient (Wildman–Crippen LogP) is 7.90. The molecule has 40 heavy (non-hydrogen) atoms. The summed E-state index contributed by atoms with van der Waals surface area (Å²) in [5.74, 6) is 1.11. The number of nitrogens with zero attached hydrogens (tertiary/aromatic N) is 2. The first-order valence-electron chi connectivity index (χ1n) is 14.1. The largest absolute Gasteiger partial charge is 0.492 e. The van der Waals surface area contributed by atoms with Crippen LogP contribution in [0.5, 0.6) is 11.5 Å². The Morgan fingerprint density at radius 1 is 1.00 bits per heavy atom. The highest BCUT2D eigenvalue weighted by atomic mass is 35.5. The minimum Gasteiger partial charge on any atom is -0.492 e. The van der Waals surface area contributed by atoms with Crippen LogP contribution in [0.3, 0.4) is 0 Å². The smallest absolute Gasteiger partial charge is 0.270 e. The van der Waals surface area contributed by atoms with Gasteiger partial charge >= 0.3 is 0 Å². The van der Waals surface area contributed by atoms with Crippen LogP contribution < -0.4 is 14.8 Å². The fourth-order valence-corrected chi connectivity index (χ4v) is 5.30. The van der Waals surface area contributed by atoms with Gasteiger partial charge in [-0.1, -0.05) is 48.5 Å². The second-order valence-electron chi connectivity index (χ2n) is 10.9. The van der Waals surface area contributed by atoms with E-state index in [2.05, 4.69) is 10.2 Å². The first kappa shape index (κ1) is 30.2. The molecule has 1 aliphatic carbocycles. The van der Waals surface area contributed by atoms with E-state index in [0.29, 0.717) is 39.5 Å². The second-order valence-corrected chi connectivity index (χ2v) is 11.7. The number of carbonyl (C=O) groups excluding carboxylic acids is 1. The SMILES string of the molecule is CC(C)Oc1ccc(Cl)c(-c2ccc(C(=O)NC3CCCCC3)nc2-c2ccc(Cl)c(OCCCN(C)C)c2)c1. The van der Waals surface area contributed by atoms with Crippen molar-refractivity contribution in [1.82, 2.24) is 15.2 Å². The van der Waals surface area contributed by atoms with Crippen molar-refractivity contribution in [3.05, 3.63) is 64.3 Å². The molecule has 214 valence electrons. The van der Waals surface area contributed by atoms with Gasteiger partial charge < -0.3 is 19.7 Å². The summed E-state index contributed by atoms with van der Waals surface area (Å²) >= 11 is 13.2. The van der Waals surface area contributed by atoms with Crippen molar-refractivity contribution in [2.75, 3.05) is 27.2 Å². The lowest BCUT2D eigenvalue weighted by Crippen LogP contribution is -2.36. The molecular formula is C32H39Cl2N3O3. The Morgan fingerprint density at radius 3 is 2.48 bits per heavy atom.